The lowest BCUT2D eigenvalue weighted by molar-refractivity contribution is -0.172. The molecular formula is C15H19NO4. The molecule has 108 valence electrons. The molecule has 0 bridgehead atoms. The monoisotopic (exact) mass is 277 g/mol. The summed E-state index contributed by atoms with van der Waals surface area (Å²) in [7, 11) is 0. The van der Waals surface area contributed by atoms with Gasteiger partial charge in [0.1, 0.15) is 18.9 Å². The zero-order valence-electron chi connectivity index (χ0n) is 11.7. The van der Waals surface area contributed by atoms with Crippen LogP contribution in [-0.2, 0) is 25.8 Å². The van der Waals surface area contributed by atoms with Crippen LogP contribution in [0.25, 0.3) is 0 Å². The Morgan fingerprint density at radius 1 is 1.35 bits per heavy atom. The molecule has 0 amide bonds. The number of hydrogen-bond donors (Lipinski definition) is 1. The van der Waals surface area contributed by atoms with Crippen LogP contribution in [-0.4, -0.2) is 24.4 Å². The first-order chi connectivity index (χ1) is 9.50. The summed E-state index contributed by atoms with van der Waals surface area (Å²) in [6.07, 6.45) is 0.205. The van der Waals surface area contributed by atoms with E-state index in [1.54, 1.807) is 0 Å². The molecule has 0 heterocycles. The van der Waals surface area contributed by atoms with Crippen molar-refractivity contribution in [1.29, 1.82) is 0 Å². The van der Waals surface area contributed by atoms with E-state index in [4.69, 9.17) is 9.57 Å². The molecule has 1 unspecified atom stereocenters. The highest BCUT2D eigenvalue weighted by atomic mass is 16.7. The van der Waals surface area contributed by atoms with Gasteiger partial charge in [0.2, 0.25) is 0 Å². The predicted molar refractivity (Wildman–Crippen MR) is 72.5 cm³/mol. The molecular weight excluding hydrogens is 258 g/mol. The number of hydroxylamine groups is 1. The first kappa shape index (κ1) is 14.7. The number of ketones is 1. The zero-order chi connectivity index (χ0) is 14.6. The van der Waals surface area contributed by atoms with Crippen LogP contribution in [0.4, 0.5) is 0 Å². The second-order valence-electron chi connectivity index (χ2n) is 5.42. The van der Waals surface area contributed by atoms with Gasteiger partial charge in [0.05, 0.1) is 11.5 Å². The van der Waals surface area contributed by atoms with Crippen molar-refractivity contribution in [2.24, 2.45) is 5.41 Å². The van der Waals surface area contributed by atoms with Gasteiger partial charge in [-0.05, 0) is 5.56 Å². The Morgan fingerprint density at radius 3 is 2.65 bits per heavy atom. The molecule has 1 aliphatic rings. The van der Waals surface area contributed by atoms with Crippen molar-refractivity contribution in [3.8, 4) is 0 Å². The fraction of sp³-hybridized carbons (Fsp3) is 0.467. The van der Waals surface area contributed by atoms with Crippen LogP contribution in [0, 0.1) is 5.41 Å². The molecule has 5 heteroatoms. The van der Waals surface area contributed by atoms with Crippen molar-refractivity contribution in [3.63, 3.8) is 0 Å². The third kappa shape index (κ3) is 3.43. The smallest absolute Gasteiger partial charge is 0.322 e. The molecule has 1 atom stereocenters. The van der Waals surface area contributed by atoms with Crippen molar-refractivity contribution in [3.05, 3.63) is 35.9 Å². The van der Waals surface area contributed by atoms with E-state index in [9.17, 15) is 9.59 Å². The Labute approximate surface area is 118 Å². The molecule has 20 heavy (non-hydrogen) atoms. The van der Waals surface area contributed by atoms with E-state index < -0.39 is 11.4 Å². The number of carbonyl (C=O) groups excluding carboxylic acids is 2. The molecule has 0 aliphatic heterocycles. The van der Waals surface area contributed by atoms with Crippen LogP contribution >= 0.6 is 0 Å². The van der Waals surface area contributed by atoms with Gasteiger partial charge in [-0.2, -0.15) is 5.48 Å². The van der Waals surface area contributed by atoms with Crippen LogP contribution in [0.5, 0.6) is 0 Å². The van der Waals surface area contributed by atoms with E-state index in [1.807, 2.05) is 44.2 Å². The van der Waals surface area contributed by atoms with Crippen molar-refractivity contribution in [2.45, 2.75) is 33.0 Å². The standard InChI is InChI=1S/C15H19NO4/c1-15(2)12(17)8-13(15)20-16-9-14(18)19-10-11-6-4-3-5-7-11/h3-7,13,16H,8-10H2,1-2H3. The number of benzene rings is 1. The zero-order valence-corrected chi connectivity index (χ0v) is 11.7. The summed E-state index contributed by atoms with van der Waals surface area (Å²) in [5, 5.41) is 0. The van der Waals surface area contributed by atoms with E-state index in [1.165, 1.54) is 0 Å². The van der Waals surface area contributed by atoms with Gasteiger partial charge in [0.15, 0.2) is 0 Å². The first-order valence-electron chi connectivity index (χ1n) is 6.61. The summed E-state index contributed by atoms with van der Waals surface area (Å²) in [5.74, 6) is -0.215. The summed E-state index contributed by atoms with van der Waals surface area (Å²) in [4.78, 5) is 28.1. The molecule has 1 aromatic carbocycles. The van der Waals surface area contributed by atoms with Gasteiger partial charge < -0.3 is 4.74 Å². The average molecular weight is 277 g/mol. The molecule has 2 rings (SSSR count). The van der Waals surface area contributed by atoms with E-state index >= 15 is 0 Å². The quantitative estimate of drug-likeness (QED) is 0.632. The molecule has 1 aliphatic carbocycles. The van der Waals surface area contributed by atoms with E-state index in [0.717, 1.165) is 5.56 Å². The lowest BCUT2D eigenvalue weighted by atomic mass is 9.68. The summed E-state index contributed by atoms with van der Waals surface area (Å²) >= 11 is 0. The van der Waals surface area contributed by atoms with Crippen molar-refractivity contribution in [2.75, 3.05) is 6.54 Å². The van der Waals surface area contributed by atoms with Gasteiger partial charge in [0.25, 0.3) is 0 Å². The Balaban J connectivity index is 1.63. The van der Waals surface area contributed by atoms with Crippen LogP contribution in [0.2, 0.25) is 0 Å². The molecule has 5 nitrogen and oxygen atoms in total. The lowest BCUT2D eigenvalue weighted by Gasteiger charge is -2.41. The topological polar surface area (TPSA) is 64.6 Å². The highest BCUT2D eigenvalue weighted by Crippen LogP contribution is 2.38. The van der Waals surface area contributed by atoms with Crippen molar-refractivity contribution < 1.29 is 19.2 Å². The molecule has 0 saturated heterocycles. The Bertz CT molecular complexity index is 484. The van der Waals surface area contributed by atoms with Crippen LogP contribution in [0.1, 0.15) is 25.8 Å². The molecule has 1 fully saturated rings. The highest BCUT2D eigenvalue weighted by molar-refractivity contribution is 5.91. The first-order valence-corrected chi connectivity index (χ1v) is 6.61. The number of Topliss-reactive ketones (excluding diaryl/α,β-unsaturated/α-hetero) is 1. The SMILES string of the molecule is CC1(C)C(=O)CC1ONCC(=O)OCc1ccccc1. The molecule has 0 aromatic heterocycles. The second kappa shape index (κ2) is 6.15. The normalized spacial score (nSPS) is 20.3. The van der Waals surface area contributed by atoms with Crippen LogP contribution < -0.4 is 5.48 Å². The Morgan fingerprint density at radius 2 is 2.05 bits per heavy atom. The minimum Gasteiger partial charge on any atom is -0.460 e. The molecule has 1 N–H and O–H groups in total. The van der Waals surface area contributed by atoms with Crippen LogP contribution in [0.15, 0.2) is 30.3 Å². The van der Waals surface area contributed by atoms with Gasteiger partial charge in [-0.1, -0.05) is 44.2 Å². The molecule has 0 radical (unpaired) electrons. The van der Waals surface area contributed by atoms with Crippen molar-refractivity contribution >= 4 is 11.8 Å². The summed E-state index contributed by atoms with van der Waals surface area (Å²) in [6.45, 7) is 3.88. The van der Waals surface area contributed by atoms with Crippen molar-refractivity contribution in [1.82, 2.24) is 5.48 Å². The van der Waals surface area contributed by atoms with E-state index in [0.29, 0.717) is 6.42 Å². The fourth-order valence-electron chi connectivity index (χ4n) is 1.91. The minimum atomic E-state index is -0.471. The predicted octanol–water partition coefficient (Wildman–Crippen LogP) is 1.62. The van der Waals surface area contributed by atoms with Gasteiger partial charge >= 0.3 is 5.97 Å². The van der Waals surface area contributed by atoms with E-state index in [2.05, 4.69) is 5.48 Å². The average Bonchev–Trinajstić information content (AvgIpc) is 2.45. The number of carbonyl (C=O) groups is 2. The van der Waals surface area contributed by atoms with E-state index in [-0.39, 0.29) is 25.0 Å². The van der Waals surface area contributed by atoms with Gasteiger partial charge in [-0.15, -0.1) is 0 Å². The number of nitrogens with one attached hydrogen (secondary N) is 1. The number of hydrogen-bond acceptors (Lipinski definition) is 5. The summed E-state index contributed by atoms with van der Waals surface area (Å²) in [6, 6.07) is 9.46. The maximum Gasteiger partial charge on any atom is 0.322 e. The molecule has 1 aromatic rings. The number of rotatable bonds is 6. The lowest BCUT2D eigenvalue weighted by Crippen LogP contribution is -2.53. The summed E-state index contributed by atoms with van der Waals surface area (Å²) < 4.78 is 5.09. The second-order valence-corrected chi connectivity index (χ2v) is 5.42. The van der Waals surface area contributed by atoms with Crippen LogP contribution in [0.3, 0.4) is 0 Å². The number of esters is 1. The third-order valence-electron chi connectivity index (χ3n) is 3.58. The third-order valence-corrected chi connectivity index (χ3v) is 3.58. The Hall–Kier alpha value is -1.72. The largest absolute Gasteiger partial charge is 0.460 e. The molecule has 1 saturated carbocycles. The maximum absolute atomic E-state index is 11.5. The minimum absolute atomic E-state index is 0.0341. The molecule has 0 spiro atoms. The highest BCUT2D eigenvalue weighted by Gasteiger charge is 2.48. The summed E-state index contributed by atoms with van der Waals surface area (Å²) in [5.41, 5.74) is 3.04. The number of ether oxygens (including phenoxy) is 1. The fourth-order valence-corrected chi connectivity index (χ4v) is 1.91. The van der Waals surface area contributed by atoms with Gasteiger partial charge in [0, 0.05) is 6.42 Å². The Kier molecular flexibility index (Phi) is 4.52. The van der Waals surface area contributed by atoms with Gasteiger partial charge in [-0.3, -0.25) is 14.4 Å². The van der Waals surface area contributed by atoms with Gasteiger partial charge in [-0.25, -0.2) is 0 Å². The maximum atomic E-state index is 11.5.